The normalized spacial score (nSPS) is 10.6. The molecule has 1 heterocycles. The quantitative estimate of drug-likeness (QED) is 0.683. The summed E-state index contributed by atoms with van der Waals surface area (Å²) >= 11 is 6.06. The molecule has 2 aromatic carbocycles. The third kappa shape index (κ3) is 3.74. The van der Waals surface area contributed by atoms with E-state index < -0.39 is 0 Å². The van der Waals surface area contributed by atoms with E-state index in [0.717, 1.165) is 11.4 Å². The lowest BCUT2D eigenvalue weighted by Crippen LogP contribution is -2.00. The van der Waals surface area contributed by atoms with Crippen molar-refractivity contribution in [3.05, 3.63) is 76.7 Å². The molecule has 0 spiro atoms. The number of pyridine rings is 1. The van der Waals surface area contributed by atoms with Crippen LogP contribution in [-0.4, -0.2) is 19.1 Å². The van der Waals surface area contributed by atoms with Crippen molar-refractivity contribution in [2.75, 3.05) is 19.5 Å². The molecule has 0 aliphatic rings. The SMILES string of the molecule is CNc1ccc(Cc2ccc(OC)c(-c3cccc(Cl)c3)c2F)cn1. The van der Waals surface area contributed by atoms with Gasteiger partial charge < -0.3 is 10.1 Å². The maximum absolute atomic E-state index is 15.2. The first-order valence-corrected chi connectivity index (χ1v) is 8.24. The van der Waals surface area contributed by atoms with Crippen LogP contribution in [0.15, 0.2) is 54.7 Å². The fourth-order valence-electron chi connectivity index (χ4n) is 2.72. The first-order chi connectivity index (χ1) is 12.1. The largest absolute Gasteiger partial charge is 0.496 e. The van der Waals surface area contributed by atoms with Gasteiger partial charge in [-0.2, -0.15) is 0 Å². The van der Waals surface area contributed by atoms with Gasteiger partial charge in [0.1, 0.15) is 17.4 Å². The van der Waals surface area contributed by atoms with E-state index in [-0.39, 0.29) is 5.82 Å². The van der Waals surface area contributed by atoms with E-state index >= 15 is 4.39 Å². The van der Waals surface area contributed by atoms with Crippen molar-refractivity contribution in [2.24, 2.45) is 0 Å². The Kier molecular flexibility index (Phi) is 5.19. The maximum atomic E-state index is 15.2. The van der Waals surface area contributed by atoms with E-state index in [9.17, 15) is 0 Å². The number of hydrogen-bond acceptors (Lipinski definition) is 3. The lowest BCUT2D eigenvalue weighted by molar-refractivity contribution is 0.413. The zero-order valence-corrected chi connectivity index (χ0v) is 14.8. The molecule has 1 aromatic heterocycles. The van der Waals surface area contributed by atoms with Crippen LogP contribution in [0.4, 0.5) is 10.2 Å². The minimum absolute atomic E-state index is 0.306. The summed E-state index contributed by atoms with van der Waals surface area (Å²) < 4.78 is 20.6. The maximum Gasteiger partial charge on any atom is 0.138 e. The lowest BCUT2D eigenvalue weighted by atomic mass is 9.97. The Balaban J connectivity index is 2.02. The summed E-state index contributed by atoms with van der Waals surface area (Å²) in [6.45, 7) is 0. The van der Waals surface area contributed by atoms with Gasteiger partial charge in [-0.3, -0.25) is 0 Å². The summed E-state index contributed by atoms with van der Waals surface area (Å²) in [6.07, 6.45) is 2.19. The minimum atomic E-state index is -0.306. The summed E-state index contributed by atoms with van der Waals surface area (Å²) in [4.78, 5) is 4.27. The van der Waals surface area contributed by atoms with Gasteiger partial charge in [-0.05, 0) is 41.0 Å². The van der Waals surface area contributed by atoms with Gasteiger partial charge in [0.15, 0.2) is 0 Å². The number of rotatable bonds is 5. The molecule has 0 aliphatic carbocycles. The van der Waals surface area contributed by atoms with Crippen LogP contribution in [0, 0.1) is 5.82 Å². The summed E-state index contributed by atoms with van der Waals surface area (Å²) in [5, 5.41) is 3.52. The molecule has 1 N–H and O–H groups in total. The van der Waals surface area contributed by atoms with Gasteiger partial charge in [0.05, 0.1) is 12.7 Å². The number of aromatic nitrogens is 1. The van der Waals surface area contributed by atoms with Crippen molar-refractivity contribution >= 4 is 17.4 Å². The van der Waals surface area contributed by atoms with Crippen molar-refractivity contribution in [1.82, 2.24) is 4.98 Å². The number of nitrogens with one attached hydrogen (secondary N) is 1. The molecule has 3 aromatic rings. The highest BCUT2D eigenvalue weighted by molar-refractivity contribution is 6.30. The second kappa shape index (κ2) is 7.53. The molecule has 128 valence electrons. The number of anilines is 1. The van der Waals surface area contributed by atoms with Crippen LogP contribution in [0.1, 0.15) is 11.1 Å². The monoisotopic (exact) mass is 356 g/mol. The molecule has 0 saturated heterocycles. The molecule has 0 bridgehead atoms. The fraction of sp³-hybridized carbons (Fsp3) is 0.150. The van der Waals surface area contributed by atoms with Gasteiger partial charge in [0.2, 0.25) is 0 Å². The summed E-state index contributed by atoms with van der Waals surface area (Å²) in [5.74, 6) is 0.949. The van der Waals surface area contributed by atoms with E-state index in [1.807, 2.05) is 25.2 Å². The van der Waals surface area contributed by atoms with Crippen molar-refractivity contribution < 1.29 is 9.13 Å². The Labute approximate surface area is 151 Å². The van der Waals surface area contributed by atoms with Gasteiger partial charge >= 0.3 is 0 Å². The summed E-state index contributed by atoms with van der Waals surface area (Å²) in [5.41, 5.74) is 2.62. The van der Waals surface area contributed by atoms with Gasteiger partial charge in [-0.1, -0.05) is 35.9 Å². The third-order valence-corrected chi connectivity index (χ3v) is 4.23. The Morgan fingerprint density at radius 3 is 2.64 bits per heavy atom. The number of nitrogens with zero attached hydrogens (tertiary/aromatic N) is 1. The first kappa shape index (κ1) is 17.2. The third-order valence-electron chi connectivity index (χ3n) is 3.99. The van der Waals surface area contributed by atoms with E-state index in [1.165, 1.54) is 7.11 Å². The smallest absolute Gasteiger partial charge is 0.138 e. The summed E-state index contributed by atoms with van der Waals surface area (Å²) in [6, 6.07) is 14.4. The highest BCUT2D eigenvalue weighted by Crippen LogP contribution is 2.36. The Morgan fingerprint density at radius 2 is 2.00 bits per heavy atom. The molecule has 0 unspecified atom stereocenters. The molecule has 5 heteroatoms. The highest BCUT2D eigenvalue weighted by Gasteiger charge is 2.16. The number of methoxy groups -OCH3 is 1. The lowest BCUT2D eigenvalue weighted by Gasteiger charge is -2.14. The molecule has 25 heavy (non-hydrogen) atoms. The molecule has 0 saturated carbocycles. The van der Waals surface area contributed by atoms with E-state index in [0.29, 0.717) is 33.9 Å². The molecular weight excluding hydrogens is 339 g/mol. The van der Waals surface area contributed by atoms with Crippen LogP contribution >= 0.6 is 11.6 Å². The van der Waals surface area contributed by atoms with Crippen LogP contribution in [0.5, 0.6) is 5.75 Å². The van der Waals surface area contributed by atoms with Gasteiger partial charge in [0, 0.05) is 24.7 Å². The average molecular weight is 357 g/mol. The highest BCUT2D eigenvalue weighted by atomic mass is 35.5. The topological polar surface area (TPSA) is 34.1 Å². The summed E-state index contributed by atoms with van der Waals surface area (Å²) in [7, 11) is 3.34. The Morgan fingerprint density at radius 1 is 1.16 bits per heavy atom. The Bertz CT molecular complexity index is 881. The van der Waals surface area contributed by atoms with Crippen molar-refractivity contribution in [3.8, 4) is 16.9 Å². The predicted octanol–water partition coefficient (Wildman–Crippen LogP) is 5.18. The van der Waals surface area contributed by atoms with Crippen LogP contribution in [0.3, 0.4) is 0 Å². The molecule has 0 amide bonds. The average Bonchev–Trinajstić information content (AvgIpc) is 2.63. The van der Waals surface area contributed by atoms with Gasteiger partial charge in [-0.15, -0.1) is 0 Å². The van der Waals surface area contributed by atoms with Crippen LogP contribution in [0.25, 0.3) is 11.1 Å². The van der Waals surface area contributed by atoms with Crippen LogP contribution in [0.2, 0.25) is 5.02 Å². The Hall–Kier alpha value is -2.59. The molecule has 3 nitrogen and oxygen atoms in total. The standard InChI is InChI=1S/C20H18ClFN2O/c1-23-18-9-6-13(12-24-18)10-15-7-8-17(25-2)19(20(15)22)14-4-3-5-16(21)11-14/h3-9,11-12H,10H2,1-2H3,(H,23,24). The van der Waals surface area contributed by atoms with Crippen LogP contribution < -0.4 is 10.1 Å². The van der Waals surface area contributed by atoms with Crippen molar-refractivity contribution in [3.63, 3.8) is 0 Å². The number of benzene rings is 2. The van der Waals surface area contributed by atoms with Gasteiger partial charge in [0.25, 0.3) is 0 Å². The zero-order chi connectivity index (χ0) is 17.8. The molecule has 3 rings (SSSR count). The number of hydrogen-bond donors (Lipinski definition) is 1. The minimum Gasteiger partial charge on any atom is -0.496 e. The second-order valence-electron chi connectivity index (χ2n) is 5.60. The molecular formula is C20H18ClFN2O. The van der Waals surface area contributed by atoms with E-state index in [1.54, 1.807) is 36.5 Å². The molecule has 0 fully saturated rings. The molecule has 0 aliphatic heterocycles. The first-order valence-electron chi connectivity index (χ1n) is 7.86. The van der Waals surface area contributed by atoms with Crippen molar-refractivity contribution in [1.29, 1.82) is 0 Å². The number of halogens is 2. The zero-order valence-electron chi connectivity index (χ0n) is 14.0. The van der Waals surface area contributed by atoms with Crippen molar-refractivity contribution in [2.45, 2.75) is 6.42 Å². The van der Waals surface area contributed by atoms with E-state index in [2.05, 4.69) is 10.3 Å². The van der Waals surface area contributed by atoms with Crippen LogP contribution in [-0.2, 0) is 6.42 Å². The molecule has 0 radical (unpaired) electrons. The fourth-order valence-corrected chi connectivity index (χ4v) is 2.91. The van der Waals surface area contributed by atoms with Gasteiger partial charge in [-0.25, -0.2) is 9.37 Å². The number of ether oxygens (including phenoxy) is 1. The second-order valence-corrected chi connectivity index (χ2v) is 6.04. The van der Waals surface area contributed by atoms with E-state index in [4.69, 9.17) is 16.3 Å². The predicted molar refractivity (Wildman–Crippen MR) is 100.0 cm³/mol. The molecule has 0 atom stereocenters.